The third kappa shape index (κ3) is 4.15. The summed E-state index contributed by atoms with van der Waals surface area (Å²) in [6, 6.07) is 7.38. The van der Waals surface area contributed by atoms with Crippen molar-refractivity contribution in [1.29, 1.82) is 0 Å². The van der Waals surface area contributed by atoms with Gasteiger partial charge in [-0.2, -0.15) is 0 Å². The molecule has 0 spiro atoms. The van der Waals surface area contributed by atoms with E-state index < -0.39 is 21.5 Å². The normalized spacial score (nSPS) is 11.4. The summed E-state index contributed by atoms with van der Waals surface area (Å²) in [4.78, 5) is 0.111. The van der Waals surface area contributed by atoms with Crippen molar-refractivity contribution in [1.82, 2.24) is 0 Å². The van der Waals surface area contributed by atoms with Gasteiger partial charge in [-0.3, -0.25) is 0 Å². The summed E-state index contributed by atoms with van der Waals surface area (Å²) in [5, 5.41) is 3.19. The SMILES string of the molecule is CS(=O)(=O)c1ccc(Cl)c(NCc2cc(F)cc(F)c2)c1. The molecule has 2 aromatic rings. The van der Waals surface area contributed by atoms with Gasteiger partial charge in [0.15, 0.2) is 9.84 Å². The lowest BCUT2D eigenvalue weighted by molar-refractivity contribution is 0.580. The molecule has 7 heteroatoms. The van der Waals surface area contributed by atoms with Crippen molar-refractivity contribution in [3.05, 3.63) is 58.6 Å². The summed E-state index contributed by atoms with van der Waals surface area (Å²) in [7, 11) is -3.36. The monoisotopic (exact) mass is 331 g/mol. The van der Waals surface area contributed by atoms with Crippen molar-refractivity contribution in [3.8, 4) is 0 Å². The van der Waals surface area contributed by atoms with Crippen LogP contribution in [0.2, 0.25) is 5.02 Å². The molecular formula is C14H12ClF2NO2S. The van der Waals surface area contributed by atoms with E-state index in [1.54, 1.807) is 0 Å². The summed E-state index contributed by atoms with van der Waals surface area (Å²) in [6.07, 6.45) is 1.09. The Labute approximate surface area is 126 Å². The van der Waals surface area contributed by atoms with Crippen LogP contribution in [0.3, 0.4) is 0 Å². The maximum absolute atomic E-state index is 13.1. The molecule has 0 amide bonds. The molecule has 0 saturated carbocycles. The predicted molar refractivity (Wildman–Crippen MR) is 78.2 cm³/mol. The van der Waals surface area contributed by atoms with Gasteiger partial charge in [0.2, 0.25) is 0 Å². The Kier molecular flexibility index (Phi) is 4.49. The molecule has 0 fully saturated rings. The predicted octanol–water partition coefficient (Wildman–Crippen LogP) is 3.63. The highest BCUT2D eigenvalue weighted by Gasteiger charge is 2.10. The second-order valence-electron chi connectivity index (χ2n) is 4.55. The molecule has 0 atom stereocenters. The maximum Gasteiger partial charge on any atom is 0.175 e. The summed E-state index contributed by atoms with van der Waals surface area (Å²) in [6.45, 7) is 0.113. The number of sulfone groups is 1. The van der Waals surface area contributed by atoms with Crippen molar-refractivity contribution < 1.29 is 17.2 Å². The molecule has 0 aliphatic carbocycles. The Morgan fingerprint density at radius 3 is 2.29 bits per heavy atom. The van der Waals surface area contributed by atoms with Gasteiger partial charge in [0, 0.05) is 18.9 Å². The highest BCUT2D eigenvalue weighted by atomic mass is 35.5. The number of benzene rings is 2. The number of nitrogens with one attached hydrogen (secondary N) is 1. The minimum atomic E-state index is -3.36. The molecule has 2 aromatic carbocycles. The van der Waals surface area contributed by atoms with Gasteiger partial charge in [-0.25, -0.2) is 17.2 Å². The Bertz CT molecular complexity index is 758. The van der Waals surface area contributed by atoms with E-state index in [0.717, 1.165) is 12.3 Å². The second kappa shape index (κ2) is 5.99. The Morgan fingerprint density at radius 1 is 1.10 bits per heavy atom. The molecule has 112 valence electrons. The number of rotatable bonds is 4. The standard InChI is InChI=1S/C14H12ClF2NO2S/c1-21(19,20)12-2-3-13(15)14(7-12)18-8-9-4-10(16)6-11(17)5-9/h2-7,18H,8H2,1H3. The molecule has 1 N–H and O–H groups in total. The second-order valence-corrected chi connectivity index (χ2v) is 6.97. The highest BCUT2D eigenvalue weighted by Crippen LogP contribution is 2.26. The van der Waals surface area contributed by atoms with Crippen LogP contribution in [0.5, 0.6) is 0 Å². The fourth-order valence-electron chi connectivity index (χ4n) is 1.78. The lowest BCUT2D eigenvalue weighted by Gasteiger charge is -2.10. The summed E-state index contributed by atoms with van der Waals surface area (Å²) < 4.78 is 49.1. The topological polar surface area (TPSA) is 46.2 Å². The fraction of sp³-hybridized carbons (Fsp3) is 0.143. The fourth-order valence-corrected chi connectivity index (χ4v) is 2.61. The summed E-state index contributed by atoms with van der Waals surface area (Å²) in [5.41, 5.74) is 0.762. The largest absolute Gasteiger partial charge is 0.380 e. The first kappa shape index (κ1) is 15.7. The van der Waals surface area contributed by atoms with Gasteiger partial charge in [0.1, 0.15) is 11.6 Å². The van der Waals surface area contributed by atoms with E-state index in [0.29, 0.717) is 16.3 Å². The van der Waals surface area contributed by atoms with Gasteiger partial charge in [0.05, 0.1) is 15.6 Å². The molecule has 2 rings (SSSR count). The lowest BCUT2D eigenvalue weighted by atomic mass is 10.2. The van der Waals surface area contributed by atoms with Gasteiger partial charge in [-0.1, -0.05) is 11.6 Å². The smallest absolute Gasteiger partial charge is 0.175 e. The van der Waals surface area contributed by atoms with Crippen LogP contribution in [0, 0.1) is 11.6 Å². The van der Waals surface area contributed by atoms with Gasteiger partial charge in [-0.15, -0.1) is 0 Å². The molecule has 0 radical (unpaired) electrons. The number of hydrogen-bond donors (Lipinski definition) is 1. The van der Waals surface area contributed by atoms with E-state index in [9.17, 15) is 17.2 Å². The van der Waals surface area contributed by atoms with E-state index in [1.807, 2.05) is 0 Å². The van der Waals surface area contributed by atoms with Crippen LogP contribution in [-0.4, -0.2) is 14.7 Å². The van der Waals surface area contributed by atoms with Gasteiger partial charge in [0.25, 0.3) is 0 Å². The Hall–Kier alpha value is -1.66. The van der Waals surface area contributed by atoms with E-state index in [-0.39, 0.29) is 11.4 Å². The van der Waals surface area contributed by atoms with Crippen molar-refractivity contribution in [2.75, 3.05) is 11.6 Å². The lowest BCUT2D eigenvalue weighted by Crippen LogP contribution is -2.03. The van der Waals surface area contributed by atoms with E-state index in [1.165, 1.54) is 30.3 Å². The van der Waals surface area contributed by atoms with Crippen LogP contribution in [-0.2, 0) is 16.4 Å². The zero-order chi connectivity index (χ0) is 15.6. The average Bonchev–Trinajstić information content (AvgIpc) is 2.35. The zero-order valence-corrected chi connectivity index (χ0v) is 12.6. The molecule has 0 bridgehead atoms. The first-order valence-corrected chi connectivity index (χ1v) is 8.21. The van der Waals surface area contributed by atoms with Crippen molar-refractivity contribution in [2.24, 2.45) is 0 Å². The van der Waals surface area contributed by atoms with Crippen molar-refractivity contribution >= 4 is 27.1 Å². The maximum atomic E-state index is 13.1. The Morgan fingerprint density at radius 2 is 1.71 bits per heavy atom. The quantitative estimate of drug-likeness (QED) is 0.930. The number of anilines is 1. The molecule has 0 aliphatic heterocycles. The molecule has 0 aromatic heterocycles. The third-order valence-corrected chi connectivity index (χ3v) is 4.21. The van der Waals surface area contributed by atoms with Crippen LogP contribution in [0.25, 0.3) is 0 Å². The first-order valence-electron chi connectivity index (χ1n) is 5.94. The highest BCUT2D eigenvalue weighted by molar-refractivity contribution is 7.90. The van der Waals surface area contributed by atoms with E-state index in [4.69, 9.17) is 11.6 Å². The molecule has 0 saturated heterocycles. The minimum absolute atomic E-state index is 0.111. The van der Waals surface area contributed by atoms with Gasteiger partial charge < -0.3 is 5.32 Å². The molecule has 0 unspecified atom stereocenters. The summed E-state index contributed by atoms with van der Waals surface area (Å²) in [5.74, 6) is -1.36. The molecular weight excluding hydrogens is 320 g/mol. The van der Waals surface area contributed by atoms with Crippen molar-refractivity contribution in [2.45, 2.75) is 11.4 Å². The summed E-state index contributed by atoms with van der Waals surface area (Å²) >= 11 is 5.97. The van der Waals surface area contributed by atoms with Crippen LogP contribution in [0.1, 0.15) is 5.56 Å². The van der Waals surface area contributed by atoms with Gasteiger partial charge in [-0.05, 0) is 35.9 Å². The van der Waals surface area contributed by atoms with Crippen LogP contribution >= 0.6 is 11.6 Å². The third-order valence-electron chi connectivity index (χ3n) is 2.77. The van der Waals surface area contributed by atoms with Crippen molar-refractivity contribution in [3.63, 3.8) is 0 Å². The number of hydrogen-bond acceptors (Lipinski definition) is 3. The van der Waals surface area contributed by atoms with E-state index in [2.05, 4.69) is 5.32 Å². The molecule has 21 heavy (non-hydrogen) atoms. The molecule has 0 heterocycles. The molecule has 0 aliphatic rings. The number of halogens is 3. The van der Waals surface area contributed by atoms with Gasteiger partial charge >= 0.3 is 0 Å². The van der Waals surface area contributed by atoms with Crippen LogP contribution in [0.4, 0.5) is 14.5 Å². The zero-order valence-electron chi connectivity index (χ0n) is 11.0. The Balaban J connectivity index is 2.23. The first-order chi connectivity index (χ1) is 9.75. The molecule has 3 nitrogen and oxygen atoms in total. The van der Waals surface area contributed by atoms with E-state index >= 15 is 0 Å². The van der Waals surface area contributed by atoms with Crippen LogP contribution in [0.15, 0.2) is 41.3 Å². The van der Waals surface area contributed by atoms with Crippen LogP contribution < -0.4 is 5.32 Å². The average molecular weight is 332 g/mol. The minimum Gasteiger partial charge on any atom is -0.380 e.